The van der Waals surface area contributed by atoms with Gasteiger partial charge in [-0.1, -0.05) is 38.5 Å². The molecular weight excluding hydrogens is 196 g/mol. The van der Waals surface area contributed by atoms with Gasteiger partial charge in [0.15, 0.2) is 0 Å². The predicted molar refractivity (Wildman–Crippen MR) is 70.2 cm³/mol. The molecule has 0 aromatic rings. The maximum absolute atomic E-state index is 9.00. The first-order chi connectivity index (χ1) is 7.43. The van der Waals surface area contributed by atoms with Crippen LogP contribution >= 0.6 is 0 Å². The van der Waals surface area contributed by atoms with Crippen molar-refractivity contribution < 1.29 is 5.11 Å². The van der Waals surface area contributed by atoms with Gasteiger partial charge in [0.1, 0.15) is 0 Å². The summed E-state index contributed by atoms with van der Waals surface area (Å²) >= 11 is 0. The number of rotatable bonds is 4. The largest absolute Gasteiger partial charge is 0.392 e. The fourth-order valence-electron chi connectivity index (χ4n) is 2.87. The van der Waals surface area contributed by atoms with Gasteiger partial charge in [0, 0.05) is 0 Å². The molecule has 0 aromatic heterocycles. The molecule has 1 N–H and O–H groups in total. The van der Waals surface area contributed by atoms with Gasteiger partial charge < -0.3 is 5.11 Å². The van der Waals surface area contributed by atoms with E-state index in [1.807, 2.05) is 6.92 Å². The number of hydrogen-bond donors (Lipinski definition) is 1. The first kappa shape index (κ1) is 13.5. The van der Waals surface area contributed by atoms with Gasteiger partial charge in [-0.3, -0.25) is 0 Å². The van der Waals surface area contributed by atoms with Crippen LogP contribution in [0.3, 0.4) is 0 Å². The minimum absolute atomic E-state index is 0.188. The van der Waals surface area contributed by atoms with Crippen LogP contribution in [0, 0.1) is 23.2 Å². The lowest BCUT2D eigenvalue weighted by molar-refractivity contribution is 0.191. The molecule has 1 aliphatic carbocycles. The zero-order valence-corrected chi connectivity index (χ0v) is 11.2. The molecule has 1 saturated carbocycles. The molecule has 16 heavy (non-hydrogen) atoms. The van der Waals surface area contributed by atoms with Crippen molar-refractivity contribution in [1.82, 2.24) is 0 Å². The van der Waals surface area contributed by atoms with Crippen LogP contribution in [0.2, 0.25) is 0 Å². The van der Waals surface area contributed by atoms with Crippen molar-refractivity contribution in [2.45, 2.75) is 40.5 Å². The van der Waals surface area contributed by atoms with E-state index in [1.54, 1.807) is 0 Å². The topological polar surface area (TPSA) is 20.2 Å². The summed E-state index contributed by atoms with van der Waals surface area (Å²) in [6, 6.07) is 0. The zero-order valence-electron chi connectivity index (χ0n) is 11.2. The Labute approximate surface area is 100 Å². The van der Waals surface area contributed by atoms with Crippen molar-refractivity contribution in [3.8, 4) is 0 Å². The third kappa shape index (κ3) is 2.57. The lowest BCUT2D eigenvalue weighted by atomic mass is 9.74. The molecule has 1 unspecified atom stereocenters. The molecule has 1 fully saturated rings. The fraction of sp³-hybridized carbons (Fsp3) is 0.733. The highest BCUT2D eigenvalue weighted by Gasteiger charge is 2.44. The molecule has 0 bridgehead atoms. The van der Waals surface area contributed by atoms with E-state index >= 15 is 0 Å². The van der Waals surface area contributed by atoms with Gasteiger partial charge in [0.25, 0.3) is 0 Å². The normalized spacial score (nSPS) is 34.1. The second kappa shape index (κ2) is 5.18. The Bertz CT molecular complexity index is 275. The molecule has 0 saturated heterocycles. The van der Waals surface area contributed by atoms with Gasteiger partial charge in [0.05, 0.1) is 6.61 Å². The maximum Gasteiger partial charge on any atom is 0.0639 e. The SMILES string of the molecule is C=C[C@H]1CC(C/C=C(\C)CO)C(C)(C)[C@@H]1C. The smallest absolute Gasteiger partial charge is 0.0639 e. The highest BCUT2D eigenvalue weighted by Crippen LogP contribution is 2.52. The molecule has 0 amide bonds. The first-order valence-corrected chi connectivity index (χ1v) is 6.32. The lowest BCUT2D eigenvalue weighted by Crippen LogP contribution is -2.24. The van der Waals surface area contributed by atoms with Gasteiger partial charge in [-0.05, 0) is 42.9 Å². The minimum Gasteiger partial charge on any atom is -0.392 e. The van der Waals surface area contributed by atoms with Crippen molar-refractivity contribution in [2.75, 3.05) is 6.61 Å². The Kier molecular flexibility index (Phi) is 4.37. The summed E-state index contributed by atoms with van der Waals surface area (Å²) < 4.78 is 0. The first-order valence-electron chi connectivity index (χ1n) is 6.32. The van der Waals surface area contributed by atoms with Crippen LogP contribution in [0.1, 0.15) is 40.5 Å². The quantitative estimate of drug-likeness (QED) is 0.717. The van der Waals surface area contributed by atoms with Gasteiger partial charge in [-0.25, -0.2) is 0 Å². The van der Waals surface area contributed by atoms with Crippen LogP contribution in [0.25, 0.3) is 0 Å². The monoisotopic (exact) mass is 222 g/mol. The van der Waals surface area contributed by atoms with Crippen LogP contribution < -0.4 is 0 Å². The van der Waals surface area contributed by atoms with Gasteiger partial charge in [-0.2, -0.15) is 0 Å². The molecule has 0 aromatic carbocycles. The molecule has 1 heteroatoms. The van der Waals surface area contributed by atoms with Crippen molar-refractivity contribution >= 4 is 0 Å². The van der Waals surface area contributed by atoms with E-state index < -0.39 is 0 Å². The molecule has 1 rings (SSSR count). The van der Waals surface area contributed by atoms with Crippen LogP contribution in [0.15, 0.2) is 24.3 Å². The van der Waals surface area contributed by atoms with E-state index in [0.717, 1.165) is 12.0 Å². The standard InChI is InChI=1S/C15H26O/c1-6-13-9-14(8-7-11(2)10-16)15(4,5)12(13)3/h6-7,12-14,16H,1,8-10H2,2-5H3/b11-7+/t12-,13+,14?/m1/s1. The van der Waals surface area contributed by atoms with Crippen LogP contribution in [-0.4, -0.2) is 11.7 Å². The number of aliphatic hydroxyl groups is 1. The summed E-state index contributed by atoms with van der Waals surface area (Å²) in [6.45, 7) is 13.2. The third-order valence-corrected chi connectivity index (χ3v) is 4.73. The summed E-state index contributed by atoms with van der Waals surface area (Å²) in [7, 11) is 0. The van der Waals surface area contributed by atoms with Crippen LogP contribution in [-0.2, 0) is 0 Å². The summed E-state index contributed by atoms with van der Waals surface area (Å²) in [4.78, 5) is 0. The number of aliphatic hydroxyl groups excluding tert-OH is 1. The Morgan fingerprint density at radius 2 is 2.12 bits per heavy atom. The van der Waals surface area contributed by atoms with Crippen LogP contribution in [0.4, 0.5) is 0 Å². The molecule has 0 aliphatic heterocycles. The molecule has 1 nitrogen and oxygen atoms in total. The number of allylic oxidation sites excluding steroid dienone is 2. The highest BCUT2D eigenvalue weighted by atomic mass is 16.3. The Balaban J connectivity index is 2.71. The predicted octanol–water partition coefficient (Wildman–Crippen LogP) is 3.80. The van der Waals surface area contributed by atoms with Gasteiger partial charge in [-0.15, -0.1) is 6.58 Å². The van der Waals surface area contributed by atoms with Crippen molar-refractivity contribution in [1.29, 1.82) is 0 Å². The molecule has 92 valence electrons. The Morgan fingerprint density at radius 3 is 2.56 bits per heavy atom. The fourth-order valence-corrected chi connectivity index (χ4v) is 2.87. The van der Waals surface area contributed by atoms with Crippen molar-refractivity contribution in [2.24, 2.45) is 23.2 Å². The minimum atomic E-state index is 0.188. The van der Waals surface area contributed by atoms with Crippen LogP contribution in [0.5, 0.6) is 0 Å². The number of hydrogen-bond acceptors (Lipinski definition) is 1. The average Bonchev–Trinajstić information content (AvgIpc) is 2.48. The lowest BCUT2D eigenvalue weighted by Gasteiger charge is -2.31. The second-order valence-electron chi connectivity index (χ2n) is 5.89. The maximum atomic E-state index is 9.00. The van der Waals surface area contributed by atoms with Gasteiger partial charge >= 0.3 is 0 Å². The van der Waals surface area contributed by atoms with E-state index in [0.29, 0.717) is 23.2 Å². The van der Waals surface area contributed by atoms with E-state index in [-0.39, 0.29) is 6.61 Å². The summed E-state index contributed by atoms with van der Waals surface area (Å²) in [5.74, 6) is 2.08. The molecule has 3 atom stereocenters. The molecule has 0 radical (unpaired) electrons. The molecule has 0 heterocycles. The van der Waals surface area contributed by atoms with Crippen molar-refractivity contribution in [3.63, 3.8) is 0 Å². The Hall–Kier alpha value is -0.560. The van der Waals surface area contributed by atoms with E-state index in [1.165, 1.54) is 6.42 Å². The van der Waals surface area contributed by atoms with Crippen molar-refractivity contribution in [3.05, 3.63) is 24.3 Å². The van der Waals surface area contributed by atoms with E-state index in [2.05, 4.69) is 39.5 Å². The molecular formula is C15H26O. The summed E-state index contributed by atoms with van der Waals surface area (Å²) in [5.41, 5.74) is 1.47. The zero-order chi connectivity index (χ0) is 12.3. The summed E-state index contributed by atoms with van der Waals surface area (Å²) in [5, 5.41) is 9.00. The third-order valence-electron chi connectivity index (χ3n) is 4.73. The van der Waals surface area contributed by atoms with E-state index in [9.17, 15) is 0 Å². The average molecular weight is 222 g/mol. The molecule has 1 aliphatic rings. The second-order valence-corrected chi connectivity index (χ2v) is 5.89. The Morgan fingerprint density at radius 1 is 1.50 bits per heavy atom. The highest BCUT2D eigenvalue weighted by molar-refractivity contribution is 5.05. The van der Waals surface area contributed by atoms with E-state index in [4.69, 9.17) is 5.11 Å². The summed E-state index contributed by atoms with van der Waals surface area (Å²) in [6.07, 6.45) is 6.65. The molecule has 0 spiro atoms. The van der Waals surface area contributed by atoms with Gasteiger partial charge in [0.2, 0.25) is 0 Å².